The molecule has 0 unspecified atom stereocenters. The minimum atomic E-state index is -4.44. The second kappa shape index (κ2) is 8.32. The summed E-state index contributed by atoms with van der Waals surface area (Å²) in [6, 6.07) is 4.49. The van der Waals surface area contributed by atoms with Gasteiger partial charge in [0.15, 0.2) is 5.95 Å². The molecule has 0 aliphatic heterocycles. The van der Waals surface area contributed by atoms with Gasteiger partial charge >= 0.3 is 18.1 Å². The molecule has 0 fully saturated rings. The maximum Gasteiger partial charge on any atom is 0.416 e. The Kier molecular flexibility index (Phi) is 6.32. The molecule has 1 atom stereocenters. The number of nitrogens with zero attached hydrogens (tertiary/aromatic N) is 1. The van der Waals surface area contributed by atoms with E-state index in [2.05, 4.69) is 14.8 Å². The van der Waals surface area contributed by atoms with E-state index < -0.39 is 35.7 Å². The lowest BCUT2D eigenvalue weighted by molar-refractivity contribution is -0.137. The molecule has 6 nitrogen and oxygen atoms in total. The van der Waals surface area contributed by atoms with E-state index in [0.717, 1.165) is 37.0 Å². The molecule has 0 radical (unpaired) electrons. The summed E-state index contributed by atoms with van der Waals surface area (Å²) >= 11 is 0. The zero-order valence-electron chi connectivity index (χ0n) is 15.3. The van der Waals surface area contributed by atoms with Gasteiger partial charge in [0, 0.05) is 18.3 Å². The molecule has 152 valence electrons. The third-order valence-electron chi connectivity index (χ3n) is 4.03. The fourth-order valence-electron chi connectivity index (χ4n) is 2.63. The number of hydrogen-bond acceptors (Lipinski definition) is 5. The first-order valence-electron chi connectivity index (χ1n) is 8.08. The van der Waals surface area contributed by atoms with Gasteiger partial charge in [0.1, 0.15) is 5.69 Å². The molecule has 2 aromatic rings. The summed E-state index contributed by atoms with van der Waals surface area (Å²) in [5.41, 5.74) is -1.01. The van der Waals surface area contributed by atoms with E-state index in [-0.39, 0.29) is 17.8 Å². The van der Waals surface area contributed by atoms with Gasteiger partial charge in [-0.2, -0.15) is 17.6 Å². The Bertz CT molecular complexity index is 860. The van der Waals surface area contributed by atoms with Gasteiger partial charge in [-0.15, -0.1) is 0 Å². The number of methoxy groups -OCH3 is 2. The fourth-order valence-corrected chi connectivity index (χ4v) is 2.63. The molecule has 0 aliphatic rings. The Morgan fingerprint density at radius 1 is 1.11 bits per heavy atom. The lowest BCUT2D eigenvalue weighted by Gasteiger charge is -2.19. The van der Waals surface area contributed by atoms with Crippen LogP contribution in [0.5, 0.6) is 0 Å². The third kappa shape index (κ3) is 4.44. The van der Waals surface area contributed by atoms with Crippen LogP contribution in [0.15, 0.2) is 30.3 Å². The molecular weight excluding hydrogens is 384 g/mol. The number of alkyl halides is 3. The fraction of sp³-hybridized carbons (Fsp3) is 0.333. The van der Waals surface area contributed by atoms with Crippen molar-refractivity contribution in [3.05, 3.63) is 53.1 Å². The summed E-state index contributed by atoms with van der Waals surface area (Å²) in [5, 5.41) is 2.86. The molecule has 0 saturated heterocycles. The number of ether oxygens (including phenoxy) is 2. The van der Waals surface area contributed by atoms with Crippen LogP contribution in [0.3, 0.4) is 0 Å². The van der Waals surface area contributed by atoms with Crippen molar-refractivity contribution < 1.29 is 36.6 Å². The summed E-state index contributed by atoms with van der Waals surface area (Å²) in [7, 11) is 2.18. The Morgan fingerprint density at radius 3 is 2.18 bits per heavy atom. The van der Waals surface area contributed by atoms with Gasteiger partial charge < -0.3 is 19.4 Å². The SMILES string of the molecule is COC(=O)c1cc(F)n([C@@H](C)CNc2ccc(C(F)(F)F)cc2)c1C(=O)OC. The number of esters is 2. The highest BCUT2D eigenvalue weighted by molar-refractivity contribution is 6.02. The second-order valence-electron chi connectivity index (χ2n) is 5.89. The summed E-state index contributed by atoms with van der Waals surface area (Å²) in [6.45, 7) is 1.62. The molecule has 1 N–H and O–H groups in total. The van der Waals surface area contributed by atoms with Gasteiger partial charge in [-0.05, 0) is 31.2 Å². The first kappa shape index (κ1) is 21.3. The molecule has 0 aliphatic carbocycles. The highest BCUT2D eigenvalue weighted by Crippen LogP contribution is 2.30. The molecule has 10 heteroatoms. The summed E-state index contributed by atoms with van der Waals surface area (Å²) < 4.78 is 62.4. The molecule has 0 saturated carbocycles. The van der Waals surface area contributed by atoms with Crippen LogP contribution in [0.1, 0.15) is 39.4 Å². The molecule has 0 amide bonds. The molecule has 28 heavy (non-hydrogen) atoms. The van der Waals surface area contributed by atoms with E-state index in [0.29, 0.717) is 5.69 Å². The topological polar surface area (TPSA) is 69.6 Å². The average Bonchev–Trinajstić information content (AvgIpc) is 3.01. The highest BCUT2D eigenvalue weighted by atomic mass is 19.4. The van der Waals surface area contributed by atoms with Gasteiger partial charge in [-0.1, -0.05) is 0 Å². The quantitative estimate of drug-likeness (QED) is 0.587. The van der Waals surface area contributed by atoms with Crippen molar-refractivity contribution >= 4 is 17.6 Å². The van der Waals surface area contributed by atoms with E-state index in [1.165, 1.54) is 12.1 Å². The van der Waals surface area contributed by atoms with Crippen molar-refractivity contribution in [2.45, 2.75) is 19.1 Å². The van der Waals surface area contributed by atoms with Crippen molar-refractivity contribution in [2.75, 3.05) is 26.1 Å². The van der Waals surface area contributed by atoms with Gasteiger partial charge in [0.25, 0.3) is 0 Å². The van der Waals surface area contributed by atoms with Crippen molar-refractivity contribution in [2.24, 2.45) is 0 Å². The molecule has 0 spiro atoms. The lowest BCUT2D eigenvalue weighted by Crippen LogP contribution is -2.23. The number of aromatic nitrogens is 1. The van der Waals surface area contributed by atoms with Crippen molar-refractivity contribution in [1.82, 2.24) is 4.57 Å². The first-order valence-corrected chi connectivity index (χ1v) is 8.08. The number of rotatable bonds is 6. The van der Waals surface area contributed by atoms with Gasteiger partial charge in [-0.25, -0.2) is 9.59 Å². The normalized spacial score (nSPS) is 12.4. The average molecular weight is 402 g/mol. The zero-order valence-corrected chi connectivity index (χ0v) is 15.3. The summed E-state index contributed by atoms with van der Waals surface area (Å²) in [4.78, 5) is 23.9. The first-order chi connectivity index (χ1) is 13.1. The predicted molar refractivity (Wildman–Crippen MR) is 91.7 cm³/mol. The minimum absolute atomic E-state index is 0.0571. The number of carbonyl (C=O) groups excluding carboxylic acids is 2. The van der Waals surface area contributed by atoms with E-state index >= 15 is 0 Å². The molecule has 0 bridgehead atoms. The van der Waals surface area contributed by atoms with Crippen molar-refractivity contribution in [3.63, 3.8) is 0 Å². The number of carbonyl (C=O) groups is 2. The molecular formula is C18H18F4N2O4. The van der Waals surface area contributed by atoms with Crippen molar-refractivity contribution in [1.29, 1.82) is 0 Å². The lowest BCUT2D eigenvalue weighted by atomic mass is 10.2. The van der Waals surface area contributed by atoms with E-state index in [9.17, 15) is 27.2 Å². The number of nitrogens with one attached hydrogen (secondary N) is 1. The minimum Gasteiger partial charge on any atom is -0.465 e. The van der Waals surface area contributed by atoms with Crippen molar-refractivity contribution in [3.8, 4) is 0 Å². The van der Waals surface area contributed by atoms with Gasteiger partial charge in [0.2, 0.25) is 0 Å². The standard InChI is InChI=1S/C18H18F4N2O4/c1-10(9-23-12-6-4-11(5-7-12)18(20,21)22)24-14(19)8-13(16(25)27-2)15(24)17(26)28-3/h4-8,10,23H,9H2,1-3H3/t10-/m0/s1. The Balaban J connectivity index is 2.24. The second-order valence-corrected chi connectivity index (χ2v) is 5.89. The van der Waals surface area contributed by atoms with Gasteiger partial charge in [0.05, 0.1) is 31.4 Å². The maximum absolute atomic E-state index is 14.4. The monoisotopic (exact) mass is 402 g/mol. The van der Waals surface area contributed by atoms with Crippen LogP contribution in [0.2, 0.25) is 0 Å². The summed E-state index contributed by atoms with van der Waals surface area (Å²) in [5.74, 6) is -2.69. The Labute approximate surface area is 158 Å². The number of hydrogen-bond donors (Lipinski definition) is 1. The third-order valence-corrected chi connectivity index (χ3v) is 4.03. The highest BCUT2D eigenvalue weighted by Gasteiger charge is 2.30. The number of anilines is 1. The smallest absolute Gasteiger partial charge is 0.416 e. The Hall–Kier alpha value is -3.04. The van der Waals surface area contributed by atoms with Crippen LogP contribution >= 0.6 is 0 Å². The van der Waals surface area contributed by atoms with Crippen LogP contribution < -0.4 is 5.32 Å². The molecule has 1 heterocycles. The van der Waals surface area contributed by atoms with E-state index in [1.54, 1.807) is 6.92 Å². The van der Waals surface area contributed by atoms with Crippen LogP contribution in [0, 0.1) is 5.95 Å². The van der Waals surface area contributed by atoms with E-state index in [4.69, 9.17) is 0 Å². The largest absolute Gasteiger partial charge is 0.465 e. The molecule has 1 aromatic heterocycles. The van der Waals surface area contributed by atoms with Gasteiger partial charge in [-0.3, -0.25) is 0 Å². The van der Waals surface area contributed by atoms with E-state index in [1.807, 2.05) is 0 Å². The number of halogens is 4. The predicted octanol–water partition coefficient (Wildman–Crippen LogP) is 3.89. The van der Waals surface area contributed by atoms with Crippen LogP contribution in [-0.2, 0) is 15.7 Å². The zero-order chi connectivity index (χ0) is 21.1. The molecule has 2 rings (SSSR count). The summed E-state index contributed by atoms with van der Waals surface area (Å²) in [6.07, 6.45) is -4.44. The van der Waals surface area contributed by atoms with Crippen LogP contribution in [0.4, 0.5) is 23.2 Å². The number of benzene rings is 1. The van der Waals surface area contributed by atoms with Crippen LogP contribution in [-0.4, -0.2) is 37.3 Å². The maximum atomic E-state index is 14.4. The Morgan fingerprint density at radius 2 is 1.68 bits per heavy atom. The molecule has 1 aromatic carbocycles. The van der Waals surface area contributed by atoms with Crippen LogP contribution in [0.25, 0.3) is 0 Å².